The van der Waals surface area contributed by atoms with E-state index in [0.29, 0.717) is 11.3 Å². The minimum Gasteiger partial charge on any atom is -0.484 e. The van der Waals surface area contributed by atoms with Crippen LogP contribution < -0.4 is 10.1 Å². The molecule has 0 saturated carbocycles. The van der Waals surface area contributed by atoms with Gasteiger partial charge in [0.2, 0.25) is 5.91 Å². The summed E-state index contributed by atoms with van der Waals surface area (Å²) in [6, 6.07) is 19.7. The van der Waals surface area contributed by atoms with Crippen LogP contribution in [-0.4, -0.2) is 34.9 Å². The van der Waals surface area contributed by atoms with Gasteiger partial charge in [-0.25, -0.2) is 8.78 Å². The molecule has 35 heavy (non-hydrogen) atoms. The van der Waals surface area contributed by atoms with Gasteiger partial charge in [0, 0.05) is 18.5 Å². The number of halogens is 2. The molecule has 0 spiro atoms. The highest BCUT2D eigenvalue weighted by molar-refractivity contribution is 5.89. The number of hydrogen-bond donors (Lipinski definition) is 1. The van der Waals surface area contributed by atoms with Crippen molar-refractivity contribution in [2.75, 3.05) is 6.61 Å². The van der Waals surface area contributed by atoms with Gasteiger partial charge in [-0.05, 0) is 68.3 Å². The molecule has 0 saturated heterocycles. The molecule has 0 aromatic heterocycles. The summed E-state index contributed by atoms with van der Waals surface area (Å²) < 4.78 is 32.3. The number of amides is 2. The largest absolute Gasteiger partial charge is 0.484 e. The van der Waals surface area contributed by atoms with E-state index >= 15 is 0 Å². The summed E-state index contributed by atoms with van der Waals surface area (Å²) in [4.78, 5) is 28.3. The van der Waals surface area contributed by atoms with Gasteiger partial charge in [-0.15, -0.1) is 0 Å². The molecule has 2 amide bonds. The van der Waals surface area contributed by atoms with Crippen molar-refractivity contribution < 1.29 is 23.1 Å². The Balaban J connectivity index is 1.91. The number of nitrogens with zero attached hydrogens (tertiary/aromatic N) is 1. The second kappa shape index (κ2) is 11.6. The van der Waals surface area contributed by atoms with E-state index in [1.807, 2.05) is 51.1 Å². The van der Waals surface area contributed by atoms with Gasteiger partial charge in [-0.3, -0.25) is 9.59 Å². The Bertz CT molecular complexity index is 1110. The predicted molar refractivity (Wildman–Crippen MR) is 131 cm³/mol. The molecule has 0 heterocycles. The Morgan fingerprint density at radius 1 is 0.857 bits per heavy atom. The van der Waals surface area contributed by atoms with E-state index in [4.69, 9.17) is 4.74 Å². The molecule has 3 aromatic rings. The van der Waals surface area contributed by atoms with Crippen molar-refractivity contribution in [3.05, 3.63) is 102 Å². The van der Waals surface area contributed by atoms with Crippen LogP contribution in [0.4, 0.5) is 8.78 Å². The number of nitrogens with one attached hydrogen (secondary N) is 1. The standard InChI is InChI=1S/C28H30F2N2O3/c1-28(2,3)31-27(34)25(17-20-7-5-4-6-8-20)32(18-21-9-11-22(29)12-10-21)26(33)19-35-24-15-13-23(30)14-16-24/h4-16,25H,17-19H2,1-3H3,(H,31,34)/t25-/m0/s1. The van der Waals surface area contributed by atoms with Gasteiger partial charge in [-0.1, -0.05) is 42.5 Å². The van der Waals surface area contributed by atoms with Crippen LogP contribution in [0.2, 0.25) is 0 Å². The van der Waals surface area contributed by atoms with E-state index in [9.17, 15) is 18.4 Å². The summed E-state index contributed by atoms with van der Waals surface area (Å²) in [7, 11) is 0. The zero-order chi connectivity index (χ0) is 25.4. The molecule has 0 radical (unpaired) electrons. The Morgan fingerprint density at radius 2 is 1.43 bits per heavy atom. The zero-order valence-electron chi connectivity index (χ0n) is 20.1. The number of carbonyl (C=O) groups excluding carboxylic acids is 2. The quantitative estimate of drug-likeness (QED) is 0.474. The lowest BCUT2D eigenvalue weighted by Gasteiger charge is -2.33. The zero-order valence-corrected chi connectivity index (χ0v) is 20.1. The molecule has 0 bridgehead atoms. The molecule has 1 N–H and O–H groups in total. The third-order valence-corrected chi connectivity index (χ3v) is 5.21. The molecule has 184 valence electrons. The van der Waals surface area contributed by atoms with Gasteiger partial charge in [-0.2, -0.15) is 0 Å². The van der Waals surface area contributed by atoms with Crippen LogP contribution in [0.15, 0.2) is 78.9 Å². The van der Waals surface area contributed by atoms with Crippen LogP contribution in [0.5, 0.6) is 5.75 Å². The minimum absolute atomic E-state index is 0.0843. The fraction of sp³-hybridized carbons (Fsp3) is 0.286. The monoisotopic (exact) mass is 480 g/mol. The minimum atomic E-state index is -0.842. The average Bonchev–Trinajstić information content (AvgIpc) is 2.81. The van der Waals surface area contributed by atoms with E-state index in [1.54, 1.807) is 12.1 Å². The van der Waals surface area contributed by atoms with Crippen molar-refractivity contribution >= 4 is 11.8 Å². The molecule has 3 aromatic carbocycles. The molecule has 1 atom stereocenters. The first-order valence-corrected chi connectivity index (χ1v) is 11.4. The first-order chi connectivity index (χ1) is 16.6. The maximum absolute atomic E-state index is 13.5. The highest BCUT2D eigenvalue weighted by Crippen LogP contribution is 2.18. The third kappa shape index (κ3) is 8.21. The van der Waals surface area contributed by atoms with Crippen LogP contribution in [-0.2, 0) is 22.6 Å². The average molecular weight is 481 g/mol. The van der Waals surface area contributed by atoms with E-state index in [2.05, 4.69) is 5.32 Å². The summed E-state index contributed by atoms with van der Waals surface area (Å²) >= 11 is 0. The molecule has 0 fully saturated rings. The third-order valence-electron chi connectivity index (χ3n) is 5.21. The SMILES string of the molecule is CC(C)(C)NC(=O)[C@H](Cc1ccccc1)N(Cc1ccc(F)cc1)C(=O)COc1ccc(F)cc1. The summed E-state index contributed by atoms with van der Waals surface area (Å²) in [5.41, 5.74) is 1.04. The van der Waals surface area contributed by atoms with Crippen molar-refractivity contribution in [2.45, 2.75) is 45.3 Å². The van der Waals surface area contributed by atoms with Gasteiger partial charge in [0.15, 0.2) is 6.61 Å². The van der Waals surface area contributed by atoms with Crippen molar-refractivity contribution in [2.24, 2.45) is 0 Å². The van der Waals surface area contributed by atoms with Crippen molar-refractivity contribution in [1.82, 2.24) is 10.2 Å². The number of benzene rings is 3. The number of rotatable bonds is 9. The lowest BCUT2D eigenvalue weighted by atomic mass is 10.0. The topological polar surface area (TPSA) is 58.6 Å². The van der Waals surface area contributed by atoms with Gasteiger partial charge in [0.05, 0.1) is 0 Å². The molecule has 0 unspecified atom stereocenters. The van der Waals surface area contributed by atoms with E-state index in [0.717, 1.165) is 5.56 Å². The van der Waals surface area contributed by atoms with Gasteiger partial charge < -0.3 is 15.0 Å². The highest BCUT2D eigenvalue weighted by Gasteiger charge is 2.32. The maximum atomic E-state index is 13.5. The lowest BCUT2D eigenvalue weighted by molar-refractivity contribution is -0.143. The van der Waals surface area contributed by atoms with Crippen LogP contribution in [0, 0.1) is 11.6 Å². The fourth-order valence-electron chi connectivity index (χ4n) is 3.55. The van der Waals surface area contributed by atoms with Gasteiger partial charge in [0.25, 0.3) is 5.91 Å². The molecule has 5 nitrogen and oxygen atoms in total. The molecule has 3 rings (SSSR count). The molecular formula is C28H30F2N2O3. The van der Waals surface area contributed by atoms with Crippen LogP contribution in [0.1, 0.15) is 31.9 Å². The second-order valence-corrected chi connectivity index (χ2v) is 9.34. The van der Waals surface area contributed by atoms with Crippen LogP contribution >= 0.6 is 0 Å². The summed E-state index contributed by atoms with van der Waals surface area (Å²) in [6.45, 7) is 5.35. The van der Waals surface area contributed by atoms with Gasteiger partial charge >= 0.3 is 0 Å². The Morgan fingerprint density at radius 3 is 2.00 bits per heavy atom. The second-order valence-electron chi connectivity index (χ2n) is 9.34. The van der Waals surface area contributed by atoms with Crippen molar-refractivity contribution in [3.63, 3.8) is 0 Å². The molecule has 0 aliphatic carbocycles. The summed E-state index contributed by atoms with van der Waals surface area (Å²) in [6.07, 6.45) is 0.284. The van der Waals surface area contributed by atoms with Crippen LogP contribution in [0.25, 0.3) is 0 Å². The van der Waals surface area contributed by atoms with Gasteiger partial charge in [0.1, 0.15) is 23.4 Å². The Kier molecular flexibility index (Phi) is 8.58. The highest BCUT2D eigenvalue weighted by atomic mass is 19.1. The first-order valence-electron chi connectivity index (χ1n) is 11.4. The van der Waals surface area contributed by atoms with E-state index in [-0.39, 0.29) is 25.5 Å². The van der Waals surface area contributed by atoms with E-state index in [1.165, 1.54) is 41.3 Å². The normalized spacial score (nSPS) is 12.0. The maximum Gasteiger partial charge on any atom is 0.261 e. The smallest absolute Gasteiger partial charge is 0.261 e. The molecular weight excluding hydrogens is 450 g/mol. The lowest BCUT2D eigenvalue weighted by Crippen LogP contribution is -2.55. The van der Waals surface area contributed by atoms with Crippen molar-refractivity contribution in [3.8, 4) is 5.75 Å². The molecule has 0 aliphatic heterocycles. The molecule has 0 aliphatic rings. The number of hydrogen-bond acceptors (Lipinski definition) is 3. The van der Waals surface area contributed by atoms with Crippen LogP contribution in [0.3, 0.4) is 0 Å². The Hall–Kier alpha value is -3.74. The number of ether oxygens (including phenoxy) is 1. The first kappa shape index (κ1) is 25.9. The summed E-state index contributed by atoms with van der Waals surface area (Å²) in [5.74, 6) is -1.21. The van der Waals surface area contributed by atoms with Crippen molar-refractivity contribution in [1.29, 1.82) is 0 Å². The Labute approximate surface area is 204 Å². The number of carbonyl (C=O) groups is 2. The molecule has 7 heteroatoms. The van der Waals surface area contributed by atoms with E-state index < -0.39 is 29.1 Å². The summed E-state index contributed by atoms with van der Waals surface area (Å²) in [5, 5.41) is 2.97. The fourth-order valence-corrected chi connectivity index (χ4v) is 3.55. The predicted octanol–water partition coefficient (Wildman–Crippen LogP) is 4.90.